The fourth-order valence-electron chi connectivity index (χ4n) is 4.74. The molecule has 2 fully saturated rings. The number of carbonyl (C=O) groups is 2. The molecule has 4 rings (SSSR count). The standard InChI is InChI=1S/C21H27N3O2S/c25-19-15-10-4-5-11-16(15)20(26)24(19)18-13-7-6-12-17(18)23-21(27)22-14-8-2-1-3-9-14/h4-5,10-11,14,17-18H,1-3,6-9,12-13H2,(H2,22,23,27)/t17-,18-/m1/s1. The van der Waals surface area contributed by atoms with Gasteiger partial charge in [0.05, 0.1) is 17.2 Å². The summed E-state index contributed by atoms with van der Waals surface area (Å²) in [6, 6.07) is 7.44. The highest BCUT2D eigenvalue weighted by Gasteiger charge is 2.43. The second kappa shape index (κ2) is 7.97. The first kappa shape index (κ1) is 18.4. The number of hydrogen-bond donors (Lipinski definition) is 2. The number of fused-ring (bicyclic) bond motifs is 1. The van der Waals surface area contributed by atoms with Crippen molar-refractivity contribution in [3.63, 3.8) is 0 Å². The predicted molar refractivity (Wildman–Crippen MR) is 109 cm³/mol. The van der Waals surface area contributed by atoms with Crippen LogP contribution in [0.2, 0.25) is 0 Å². The lowest BCUT2D eigenvalue weighted by Crippen LogP contribution is -2.57. The Morgan fingerprint density at radius 1 is 0.852 bits per heavy atom. The van der Waals surface area contributed by atoms with Gasteiger partial charge in [0.15, 0.2) is 5.11 Å². The third kappa shape index (κ3) is 3.72. The van der Waals surface area contributed by atoms with Gasteiger partial charge in [-0.3, -0.25) is 14.5 Å². The second-order valence-electron chi connectivity index (χ2n) is 7.94. The van der Waals surface area contributed by atoms with Crippen LogP contribution in [0.1, 0.15) is 78.5 Å². The Bertz CT molecular complexity index is 710. The molecule has 2 atom stereocenters. The van der Waals surface area contributed by atoms with Crippen molar-refractivity contribution in [3.8, 4) is 0 Å². The number of benzene rings is 1. The van der Waals surface area contributed by atoms with Crippen LogP contribution in [0.25, 0.3) is 0 Å². The molecule has 5 nitrogen and oxygen atoms in total. The maximum absolute atomic E-state index is 12.9. The Morgan fingerprint density at radius 3 is 2.11 bits per heavy atom. The molecule has 2 aliphatic carbocycles. The van der Waals surface area contributed by atoms with E-state index in [1.54, 1.807) is 12.1 Å². The number of amides is 2. The summed E-state index contributed by atoms with van der Waals surface area (Å²) in [5, 5.41) is 7.55. The van der Waals surface area contributed by atoms with Gasteiger partial charge in [0, 0.05) is 12.1 Å². The summed E-state index contributed by atoms with van der Waals surface area (Å²) in [5.41, 5.74) is 1.05. The van der Waals surface area contributed by atoms with E-state index in [0.717, 1.165) is 38.5 Å². The normalized spacial score (nSPS) is 26.0. The molecule has 2 amide bonds. The van der Waals surface area contributed by atoms with Gasteiger partial charge in [-0.1, -0.05) is 44.2 Å². The van der Waals surface area contributed by atoms with Gasteiger partial charge in [0.25, 0.3) is 11.8 Å². The molecule has 0 bridgehead atoms. The first-order valence-electron chi connectivity index (χ1n) is 10.2. The summed E-state index contributed by atoms with van der Waals surface area (Å²) < 4.78 is 0. The van der Waals surface area contributed by atoms with Gasteiger partial charge in [-0.05, 0) is 50.0 Å². The van der Waals surface area contributed by atoms with E-state index in [1.807, 2.05) is 12.1 Å². The Balaban J connectivity index is 1.46. The van der Waals surface area contributed by atoms with E-state index >= 15 is 0 Å². The van der Waals surface area contributed by atoms with Crippen LogP contribution < -0.4 is 10.6 Å². The number of nitrogens with one attached hydrogen (secondary N) is 2. The van der Waals surface area contributed by atoms with Crippen LogP contribution in [-0.4, -0.2) is 40.0 Å². The van der Waals surface area contributed by atoms with Gasteiger partial charge in [0.1, 0.15) is 0 Å². The van der Waals surface area contributed by atoms with Gasteiger partial charge in [-0.2, -0.15) is 0 Å². The molecule has 0 spiro atoms. The highest BCUT2D eigenvalue weighted by Crippen LogP contribution is 2.31. The zero-order valence-corrected chi connectivity index (χ0v) is 16.4. The van der Waals surface area contributed by atoms with Gasteiger partial charge >= 0.3 is 0 Å². The molecule has 0 unspecified atom stereocenters. The van der Waals surface area contributed by atoms with Crippen molar-refractivity contribution in [1.82, 2.24) is 15.5 Å². The molecule has 6 heteroatoms. The lowest BCUT2D eigenvalue weighted by molar-refractivity contribution is 0.0515. The predicted octanol–water partition coefficient (Wildman–Crippen LogP) is 3.39. The maximum Gasteiger partial charge on any atom is 0.261 e. The van der Waals surface area contributed by atoms with Crippen LogP contribution >= 0.6 is 12.2 Å². The average Bonchev–Trinajstić information content (AvgIpc) is 2.94. The SMILES string of the molecule is O=C1c2ccccc2C(=O)N1[C@@H]1CCCC[C@H]1NC(=S)NC1CCCCC1. The first-order valence-corrected chi connectivity index (χ1v) is 10.6. The zero-order valence-electron chi connectivity index (χ0n) is 15.6. The fraction of sp³-hybridized carbons (Fsp3) is 0.571. The first-order chi connectivity index (χ1) is 13.1. The second-order valence-corrected chi connectivity index (χ2v) is 8.35. The largest absolute Gasteiger partial charge is 0.360 e. The van der Waals surface area contributed by atoms with Gasteiger partial charge in [-0.25, -0.2) is 0 Å². The van der Waals surface area contributed by atoms with Crippen molar-refractivity contribution < 1.29 is 9.59 Å². The van der Waals surface area contributed by atoms with Crippen molar-refractivity contribution >= 4 is 29.1 Å². The minimum absolute atomic E-state index is 0.0181. The molecule has 2 N–H and O–H groups in total. The van der Waals surface area contributed by atoms with Crippen LogP contribution in [0, 0.1) is 0 Å². The number of nitrogens with zero attached hydrogens (tertiary/aromatic N) is 1. The van der Waals surface area contributed by atoms with Crippen LogP contribution in [0.3, 0.4) is 0 Å². The van der Waals surface area contributed by atoms with Crippen LogP contribution in [0.4, 0.5) is 0 Å². The van der Waals surface area contributed by atoms with Gasteiger partial charge in [-0.15, -0.1) is 0 Å². The smallest absolute Gasteiger partial charge is 0.261 e. The monoisotopic (exact) mass is 385 g/mol. The molecule has 144 valence electrons. The Morgan fingerprint density at radius 2 is 1.44 bits per heavy atom. The fourth-order valence-corrected chi connectivity index (χ4v) is 5.06. The highest BCUT2D eigenvalue weighted by atomic mass is 32.1. The van der Waals surface area contributed by atoms with Crippen molar-refractivity contribution in [1.29, 1.82) is 0 Å². The Kier molecular flexibility index (Phi) is 5.43. The summed E-state index contributed by atoms with van der Waals surface area (Å²) in [5.74, 6) is -0.332. The summed E-state index contributed by atoms with van der Waals surface area (Å²) in [6.45, 7) is 0. The topological polar surface area (TPSA) is 61.4 Å². The number of hydrogen-bond acceptors (Lipinski definition) is 3. The van der Waals surface area contributed by atoms with E-state index in [-0.39, 0.29) is 23.9 Å². The van der Waals surface area contributed by atoms with Gasteiger partial charge in [0.2, 0.25) is 0 Å². The third-order valence-electron chi connectivity index (χ3n) is 6.14. The number of thiocarbonyl (C=S) groups is 1. The van der Waals surface area contributed by atoms with E-state index < -0.39 is 0 Å². The highest BCUT2D eigenvalue weighted by molar-refractivity contribution is 7.80. The summed E-state index contributed by atoms with van der Waals surface area (Å²) >= 11 is 5.56. The molecule has 0 aromatic heterocycles. The summed E-state index contributed by atoms with van der Waals surface area (Å²) in [4.78, 5) is 27.2. The molecule has 3 aliphatic rings. The molecule has 1 heterocycles. The number of imide groups is 1. The summed E-state index contributed by atoms with van der Waals surface area (Å²) in [6.07, 6.45) is 10.00. The van der Waals surface area contributed by atoms with E-state index in [4.69, 9.17) is 12.2 Å². The third-order valence-corrected chi connectivity index (χ3v) is 6.38. The van der Waals surface area contributed by atoms with Gasteiger partial charge < -0.3 is 10.6 Å². The van der Waals surface area contributed by atoms with Crippen molar-refractivity contribution in [2.75, 3.05) is 0 Å². The van der Waals surface area contributed by atoms with Crippen molar-refractivity contribution in [3.05, 3.63) is 35.4 Å². The van der Waals surface area contributed by atoms with Crippen molar-refractivity contribution in [2.24, 2.45) is 0 Å². The van der Waals surface area contributed by atoms with Crippen molar-refractivity contribution in [2.45, 2.75) is 75.9 Å². The molecule has 27 heavy (non-hydrogen) atoms. The average molecular weight is 386 g/mol. The lowest BCUT2D eigenvalue weighted by atomic mass is 9.89. The molecule has 0 saturated heterocycles. The molecule has 2 saturated carbocycles. The van der Waals surface area contributed by atoms with Crippen LogP contribution in [0.5, 0.6) is 0 Å². The van der Waals surface area contributed by atoms with E-state index in [2.05, 4.69) is 10.6 Å². The number of rotatable bonds is 3. The minimum Gasteiger partial charge on any atom is -0.360 e. The quantitative estimate of drug-likeness (QED) is 0.617. The maximum atomic E-state index is 12.9. The van der Waals surface area contributed by atoms with Crippen LogP contribution in [-0.2, 0) is 0 Å². The minimum atomic E-state index is -0.166. The molecular weight excluding hydrogens is 358 g/mol. The Hall–Kier alpha value is -1.95. The molecule has 1 aromatic carbocycles. The zero-order chi connectivity index (χ0) is 18.8. The molecule has 1 aromatic rings. The van der Waals surface area contributed by atoms with E-state index in [9.17, 15) is 9.59 Å². The van der Waals surface area contributed by atoms with E-state index in [0.29, 0.717) is 22.3 Å². The lowest BCUT2D eigenvalue weighted by Gasteiger charge is -2.38. The van der Waals surface area contributed by atoms with E-state index in [1.165, 1.54) is 24.2 Å². The molecular formula is C21H27N3O2S. The number of carbonyl (C=O) groups excluding carboxylic acids is 2. The molecule has 0 radical (unpaired) electrons. The molecule has 1 aliphatic heterocycles. The van der Waals surface area contributed by atoms with Crippen LogP contribution in [0.15, 0.2) is 24.3 Å². The Labute approximate surface area is 165 Å². The summed E-state index contributed by atoms with van der Waals surface area (Å²) in [7, 11) is 0.